The fourth-order valence-corrected chi connectivity index (χ4v) is 2.96. The van der Waals surface area contributed by atoms with E-state index in [4.69, 9.17) is 4.52 Å². The summed E-state index contributed by atoms with van der Waals surface area (Å²) in [6, 6.07) is 5.42. The number of hydrogen-bond acceptors (Lipinski definition) is 6. The molecule has 0 aliphatic heterocycles. The van der Waals surface area contributed by atoms with E-state index in [1.807, 2.05) is 43.8 Å². The number of aromatic nitrogens is 6. The molecule has 8 nitrogen and oxygen atoms in total. The van der Waals surface area contributed by atoms with Gasteiger partial charge in [-0.15, -0.1) is 0 Å². The lowest BCUT2D eigenvalue weighted by atomic mass is 10.1. The van der Waals surface area contributed by atoms with Gasteiger partial charge < -0.3 is 4.52 Å². The van der Waals surface area contributed by atoms with E-state index in [1.165, 1.54) is 4.68 Å². The van der Waals surface area contributed by atoms with Gasteiger partial charge in [0.1, 0.15) is 11.5 Å². The Balaban J connectivity index is 1.66. The average Bonchev–Trinajstić information content (AvgIpc) is 3.31. The second kappa shape index (κ2) is 7.22. The summed E-state index contributed by atoms with van der Waals surface area (Å²) in [6.07, 6.45) is 7.06. The summed E-state index contributed by atoms with van der Waals surface area (Å²) >= 11 is 0. The lowest BCUT2D eigenvalue weighted by molar-refractivity contribution is 0.397. The summed E-state index contributed by atoms with van der Waals surface area (Å²) in [5, 5.41) is 12.7. The molecule has 0 saturated heterocycles. The maximum absolute atomic E-state index is 12.6. The van der Waals surface area contributed by atoms with Crippen molar-refractivity contribution in [3.05, 3.63) is 70.4 Å². The molecular weight excluding hydrogens is 356 g/mol. The second-order valence-electron chi connectivity index (χ2n) is 6.58. The minimum atomic E-state index is -0.199. The van der Waals surface area contributed by atoms with Gasteiger partial charge in [-0.05, 0) is 32.9 Å². The minimum Gasteiger partial charge on any atom is -0.361 e. The third-order valence-corrected chi connectivity index (χ3v) is 4.64. The van der Waals surface area contributed by atoms with Crippen molar-refractivity contribution < 1.29 is 4.52 Å². The first-order valence-corrected chi connectivity index (χ1v) is 9.03. The SMILES string of the molecule is CCn1cc(-c2cnn(Cc3c(-c4ccc(C)nc4)noc3C)c(=O)c2)cn1. The van der Waals surface area contributed by atoms with Gasteiger partial charge >= 0.3 is 0 Å². The summed E-state index contributed by atoms with van der Waals surface area (Å²) in [6.45, 7) is 6.80. The Morgan fingerprint density at radius 1 is 1.04 bits per heavy atom. The molecule has 0 bridgehead atoms. The van der Waals surface area contributed by atoms with E-state index in [1.54, 1.807) is 24.7 Å². The zero-order valence-corrected chi connectivity index (χ0v) is 16.0. The monoisotopic (exact) mass is 376 g/mol. The van der Waals surface area contributed by atoms with Gasteiger partial charge in [0.05, 0.1) is 18.9 Å². The van der Waals surface area contributed by atoms with E-state index < -0.39 is 0 Å². The zero-order valence-electron chi connectivity index (χ0n) is 16.0. The summed E-state index contributed by atoms with van der Waals surface area (Å²) in [5.74, 6) is 0.651. The Hall–Kier alpha value is -3.55. The number of aryl methyl sites for hydroxylation is 3. The smallest absolute Gasteiger partial charge is 0.267 e. The van der Waals surface area contributed by atoms with Crippen molar-refractivity contribution in [3.63, 3.8) is 0 Å². The van der Waals surface area contributed by atoms with Crippen LogP contribution in [-0.4, -0.2) is 29.7 Å². The maximum atomic E-state index is 12.6. The largest absolute Gasteiger partial charge is 0.361 e. The lowest BCUT2D eigenvalue weighted by Crippen LogP contribution is -2.23. The van der Waals surface area contributed by atoms with E-state index >= 15 is 0 Å². The fourth-order valence-electron chi connectivity index (χ4n) is 2.96. The summed E-state index contributed by atoms with van der Waals surface area (Å²) in [4.78, 5) is 16.9. The van der Waals surface area contributed by atoms with E-state index in [0.29, 0.717) is 11.5 Å². The van der Waals surface area contributed by atoms with Gasteiger partial charge in [0.25, 0.3) is 5.56 Å². The quantitative estimate of drug-likeness (QED) is 0.532. The van der Waals surface area contributed by atoms with Crippen LogP contribution >= 0.6 is 0 Å². The number of nitrogens with zero attached hydrogens (tertiary/aromatic N) is 6. The normalized spacial score (nSPS) is 11.1. The van der Waals surface area contributed by atoms with Crippen LogP contribution in [0.25, 0.3) is 22.4 Å². The van der Waals surface area contributed by atoms with Crippen LogP contribution in [0.5, 0.6) is 0 Å². The van der Waals surface area contributed by atoms with Crippen LogP contribution in [0.1, 0.15) is 23.9 Å². The predicted molar refractivity (Wildman–Crippen MR) is 104 cm³/mol. The van der Waals surface area contributed by atoms with Crippen molar-refractivity contribution in [3.8, 4) is 22.4 Å². The van der Waals surface area contributed by atoms with Crippen LogP contribution in [-0.2, 0) is 13.1 Å². The molecule has 0 spiro atoms. The van der Waals surface area contributed by atoms with Crippen molar-refractivity contribution in [1.29, 1.82) is 0 Å². The van der Waals surface area contributed by atoms with Crippen LogP contribution in [0.2, 0.25) is 0 Å². The van der Waals surface area contributed by atoms with Crippen molar-refractivity contribution >= 4 is 0 Å². The Kier molecular flexibility index (Phi) is 4.60. The molecule has 4 rings (SSSR count). The molecule has 0 atom stereocenters. The molecule has 0 radical (unpaired) electrons. The molecule has 0 N–H and O–H groups in total. The molecule has 0 unspecified atom stereocenters. The highest BCUT2D eigenvalue weighted by atomic mass is 16.5. The molecule has 28 heavy (non-hydrogen) atoms. The number of rotatable bonds is 5. The van der Waals surface area contributed by atoms with E-state index in [0.717, 1.165) is 34.5 Å². The van der Waals surface area contributed by atoms with Crippen molar-refractivity contribution in [1.82, 2.24) is 29.7 Å². The minimum absolute atomic E-state index is 0.199. The molecule has 4 aromatic heterocycles. The average molecular weight is 376 g/mol. The topological polar surface area (TPSA) is 91.6 Å². The third kappa shape index (κ3) is 3.36. The molecule has 0 fully saturated rings. The van der Waals surface area contributed by atoms with Gasteiger partial charge in [0, 0.05) is 53.0 Å². The van der Waals surface area contributed by atoms with Crippen LogP contribution in [0.4, 0.5) is 0 Å². The molecule has 0 amide bonds. The molecule has 0 aromatic carbocycles. The van der Waals surface area contributed by atoms with Crippen LogP contribution in [0.15, 0.2) is 52.3 Å². The van der Waals surface area contributed by atoms with Gasteiger partial charge in [-0.2, -0.15) is 10.2 Å². The second-order valence-corrected chi connectivity index (χ2v) is 6.58. The molecule has 0 saturated carbocycles. The predicted octanol–water partition coefficient (Wildman–Crippen LogP) is 2.84. The first-order valence-electron chi connectivity index (χ1n) is 9.03. The Morgan fingerprint density at radius 3 is 2.54 bits per heavy atom. The van der Waals surface area contributed by atoms with Gasteiger partial charge in [0.15, 0.2) is 0 Å². The Bertz CT molecular complexity index is 1170. The third-order valence-electron chi connectivity index (χ3n) is 4.64. The highest BCUT2D eigenvalue weighted by molar-refractivity contribution is 5.62. The number of hydrogen-bond donors (Lipinski definition) is 0. The molecular formula is C20H20N6O2. The van der Waals surface area contributed by atoms with E-state index in [9.17, 15) is 4.79 Å². The molecule has 0 aliphatic rings. The Morgan fingerprint density at radius 2 is 1.86 bits per heavy atom. The summed E-state index contributed by atoms with van der Waals surface area (Å²) in [7, 11) is 0. The van der Waals surface area contributed by atoms with Gasteiger partial charge in [0.2, 0.25) is 0 Å². The molecule has 142 valence electrons. The van der Waals surface area contributed by atoms with Crippen LogP contribution < -0.4 is 5.56 Å². The summed E-state index contributed by atoms with van der Waals surface area (Å²) < 4.78 is 8.58. The summed E-state index contributed by atoms with van der Waals surface area (Å²) in [5.41, 5.74) is 4.66. The first kappa shape index (κ1) is 17.8. The highest BCUT2D eigenvalue weighted by Crippen LogP contribution is 2.25. The Labute approximate surface area is 161 Å². The molecule has 0 aliphatic carbocycles. The van der Waals surface area contributed by atoms with E-state index in [-0.39, 0.29) is 12.1 Å². The van der Waals surface area contributed by atoms with Crippen molar-refractivity contribution in [2.24, 2.45) is 0 Å². The zero-order chi connectivity index (χ0) is 19.7. The fraction of sp³-hybridized carbons (Fsp3) is 0.250. The number of pyridine rings is 1. The van der Waals surface area contributed by atoms with Crippen molar-refractivity contribution in [2.75, 3.05) is 0 Å². The van der Waals surface area contributed by atoms with Crippen LogP contribution in [0.3, 0.4) is 0 Å². The highest BCUT2D eigenvalue weighted by Gasteiger charge is 2.17. The standard InChI is InChI=1S/C20H20N6O2/c1-4-25-11-17(10-22-25)16-7-19(27)26(23-9-16)12-18-14(3)28-24-20(18)15-6-5-13(2)21-8-15/h5-11H,4,12H2,1-3H3. The molecule has 4 aromatic rings. The van der Waals surface area contributed by atoms with Gasteiger partial charge in [-0.25, -0.2) is 4.68 Å². The van der Waals surface area contributed by atoms with Crippen molar-refractivity contribution in [2.45, 2.75) is 33.9 Å². The van der Waals surface area contributed by atoms with Crippen LogP contribution in [0, 0.1) is 13.8 Å². The first-order chi connectivity index (χ1) is 13.5. The lowest BCUT2D eigenvalue weighted by Gasteiger charge is -2.06. The van der Waals surface area contributed by atoms with E-state index in [2.05, 4.69) is 20.3 Å². The van der Waals surface area contributed by atoms with Gasteiger partial charge in [-0.1, -0.05) is 5.16 Å². The molecule has 4 heterocycles. The van der Waals surface area contributed by atoms with Gasteiger partial charge in [-0.3, -0.25) is 14.5 Å². The maximum Gasteiger partial charge on any atom is 0.267 e. The molecule has 8 heteroatoms.